The Morgan fingerprint density at radius 3 is 2.24 bits per heavy atom. The third kappa shape index (κ3) is 4.73. The molecular formula is C39H58N2O4. The minimum atomic E-state index is -0.403. The molecule has 45 heavy (non-hydrogen) atoms. The second kappa shape index (κ2) is 11.1. The van der Waals surface area contributed by atoms with Crippen molar-refractivity contribution < 1.29 is 19.8 Å². The number of carbonyl (C=O) groups excluding carboxylic acids is 2. The van der Waals surface area contributed by atoms with Crippen molar-refractivity contribution in [1.29, 1.82) is 0 Å². The summed E-state index contributed by atoms with van der Waals surface area (Å²) in [5.41, 5.74) is 2.04. The van der Waals surface area contributed by atoms with Crippen LogP contribution < -0.4 is 10.6 Å². The Morgan fingerprint density at radius 2 is 1.53 bits per heavy atom. The quantitative estimate of drug-likeness (QED) is 0.206. The third-order valence-electron chi connectivity index (χ3n) is 15.2. The van der Waals surface area contributed by atoms with Crippen LogP contribution in [0.3, 0.4) is 0 Å². The van der Waals surface area contributed by atoms with Crippen molar-refractivity contribution in [3.8, 4) is 5.75 Å². The van der Waals surface area contributed by atoms with Gasteiger partial charge < -0.3 is 20.8 Å². The fraction of sp³-hybridized carbons (Fsp3) is 0.744. The second-order valence-electron chi connectivity index (χ2n) is 17.2. The molecule has 10 atom stereocenters. The first-order chi connectivity index (χ1) is 21.1. The van der Waals surface area contributed by atoms with E-state index in [0.29, 0.717) is 42.3 Å². The largest absolute Gasteiger partial charge is 0.508 e. The summed E-state index contributed by atoms with van der Waals surface area (Å²) in [6.45, 7) is 17.9. The molecule has 6 rings (SSSR count). The first kappa shape index (κ1) is 32.6. The molecule has 0 bridgehead atoms. The number of phenolic OH excluding ortho intramolecular Hbond substituents is 1. The number of benzene rings is 1. The maximum Gasteiger partial charge on any atom is 0.251 e. The summed E-state index contributed by atoms with van der Waals surface area (Å²) in [5, 5.41) is 26.8. The van der Waals surface area contributed by atoms with Crippen LogP contribution in [0.4, 0.5) is 0 Å². The van der Waals surface area contributed by atoms with Gasteiger partial charge in [0.25, 0.3) is 5.91 Å². The third-order valence-corrected chi connectivity index (χ3v) is 15.2. The van der Waals surface area contributed by atoms with Crippen molar-refractivity contribution >= 4 is 11.8 Å². The zero-order chi connectivity index (χ0) is 32.6. The number of hydrogen-bond donors (Lipinski definition) is 4. The Bertz CT molecular complexity index is 1350. The fourth-order valence-corrected chi connectivity index (χ4v) is 12.1. The molecule has 0 aromatic heterocycles. The van der Waals surface area contributed by atoms with Crippen molar-refractivity contribution in [3.05, 3.63) is 41.5 Å². The number of phenols is 1. The summed E-state index contributed by atoms with van der Waals surface area (Å²) in [7, 11) is 0. The average molecular weight is 619 g/mol. The van der Waals surface area contributed by atoms with E-state index < -0.39 is 5.41 Å². The van der Waals surface area contributed by atoms with Crippen LogP contribution in [0.15, 0.2) is 35.9 Å². The number of aliphatic hydroxyl groups excluding tert-OH is 1. The highest BCUT2D eigenvalue weighted by Gasteiger charge is 2.69. The molecule has 0 unspecified atom stereocenters. The number of carbonyl (C=O) groups is 2. The van der Waals surface area contributed by atoms with E-state index in [1.165, 1.54) is 25.0 Å². The minimum absolute atomic E-state index is 0.0575. The molecule has 5 aliphatic rings. The highest BCUT2D eigenvalue weighted by atomic mass is 16.3. The molecule has 0 radical (unpaired) electrons. The number of nitrogens with one attached hydrogen (secondary N) is 2. The summed E-state index contributed by atoms with van der Waals surface area (Å²) in [4.78, 5) is 26.9. The summed E-state index contributed by atoms with van der Waals surface area (Å²) in [5.74, 6) is 2.44. The number of amides is 2. The van der Waals surface area contributed by atoms with Crippen molar-refractivity contribution in [2.45, 2.75) is 112 Å². The van der Waals surface area contributed by atoms with Gasteiger partial charge in [0.1, 0.15) is 5.75 Å². The van der Waals surface area contributed by atoms with Gasteiger partial charge in [-0.25, -0.2) is 0 Å². The smallest absolute Gasteiger partial charge is 0.251 e. The first-order valence-electron chi connectivity index (χ1n) is 17.9. The molecular weight excluding hydrogens is 560 g/mol. The Hall–Kier alpha value is -2.34. The molecule has 0 heterocycles. The van der Waals surface area contributed by atoms with Gasteiger partial charge in [-0.1, -0.05) is 60.1 Å². The zero-order valence-electron chi connectivity index (χ0n) is 28.8. The zero-order valence-corrected chi connectivity index (χ0v) is 28.8. The number of aliphatic hydroxyl groups is 1. The van der Waals surface area contributed by atoms with Gasteiger partial charge in [-0.2, -0.15) is 0 Å². The average Bonchev–Trinajstić information content (AvgIpc) is 2.99. The standard InChI is InChI=1S/C39H58N2O4/c1-24-14-19-39(34(45)41-23-22-40-33(44)26-8-10-27(42)11-9-26)21-20-37(6)28(32(39)25(24)2)12-13-30-36(5)17-16-31(43)35(3,4)29(36)15-18-38(30,37)7/h8-12,24-25,29-32,42-43H,13-23H2,1-7H3,(H,40,44)(H,41,45)/t24-,25+,29+,30-,31+,32+,36+,37-,38-,39+/m1/s1. The van der Waals surface area contributed by atoms with Gasteiger partial charge >= 0.3 is 0 Å². The van der Waals surface area contributed by atoms with Crippen LogP contribution in [-0.4, -0.2) is 41.2 Å². The molecule has 1 aromatic carbocycles. The summed E-state index contributed by atoms with van der Waals surface area (Å²) in [6.07, 6.45) is 11.8. The van der Waals surface area contributed by atoms with Crippen LogP contribution in [0.25, 0.3) is 0 Å². The Labute approximate surface area is 271 Å². The van der Waals surface area contributed by atoms with Gasteiger partial charge in [0, 0.05) is 18.7 Å². The maximum absolute atomic E-state index is 14.3. The highest BCUT2D eigenvalue weighted by Crippen LogP contribution is 2.75. The molecule has 5 aliphatic carbocycles. The van der Waals surface area contributed by atoms with Gasteiger partial charge in [0.2, 0.25) is 5.91 Å². The van der Waals surface area contributed by atoms with Gasteiger partial charge in [-0.15, -0.1) is 0 Å². The van der Waals surface area contributed by atoms with Crippen LogP contribution in [0.1, 0.15) is 117 Å². The SMILES string of the molecule is C[C@H]1[C@H](C)CC[C@]2(C(=O)NCCNC(=O)c3ccc(O)cc3)CC[C@]3(C)C(=CC[C@@H]4[C@@]5(C)CC[C@H](O)C(C)(C)[C@@H]5CC[C@]43C)[C@H]12. The second-order valence-corrected chi connectivity index (χ2v) is 17.2. The predicted octanol–water partition coefficient (Wildman–Crippen LogP) is 7.26. The van der Waals surface area contributed by atoms with Crippen molar-refractivity contribution in [2.75, 3.05) is 13.1 Å². The maximum atomic E-state index is 14.3. The number of rotatable bonds is 5. The van der Waals surface area contributed by atoms with Crippen LogP contribution in [0.5, 0.6) is 5.75 Å². The van der Waals surface area contributed by atoms with Crippen LogP contribution >= 0.6 is 0 Å². The van der Waals surface area contributed by atoms with Crippen molar-refractivity contribution in [1.82, 2.24) is 10.6 Å². The Kier molecular flexibility index (Phi) is 8.06. The molecule has 0 saturated heterocycles. The highest BCUT2D eigenvalue weighted by molar-refractivity contribution is 5.94. The Morgan fingerprint density at radius 1 is 0.844 bits per heavy atom. The fourth-order valence-electron chi connectivity index (χ4n) is 12.1. The molecule has 1 aromatic rings. The molecule has 4 saturated carbocycles. The van der Waals surface area contributed by atoms with Crippen molar-refractivity contribution in [2.24, 2.45) is 56.7 Å². The lowest BCUT2D eigenvalue weighted by atomic mass is 9.33. The lowest BCUT2D eigenvalue weighted by Gasteiger charge is -2.71. The number of allylic oxidation sites excluding steroid dienone is 2. The monoisotopic (exact) mass is 618 g/mol. The van der Waals surface area contributed by atoms with Gasteiger partial charge in [0.05, 0.1) is 11.5 Å². The summed E-state index contributed by atoms with van der Waals surface area (Å²) < 4.78 is 0. The summed E-state index contributed by atoms with van der Waals surface area (Å²) in [6, 6.07) is 6.22. The van der Waals surface area contributed by atoms with Gasteiger partial charge in [-0.05, 0) is 133 Å². The summed E-state index contributed by atoms with van der Waals surface area (Å²) >= 11 is 0. The lowest BCUT2D eigenvalue weighted by Crippen LogP contribution is -2.66. The molecule has 6 nitrogen and oxygen atoms in total. The van der Waals surface area contributed by atoms with Crippen LogP contribution in [0, 0.1) is 56.7 Å². The predicted molar refractivity (Wildman–Crippen MR) is 178 cm³/mol. The number of aromatic hydroxyl groups is 1. The molecule has 4 N–H and O–H groups in total. The van der Waals surface area contributed by atoms with E-state index >= 15 is 0 Å². The lowest BCUT2D eigenvalue weighted by molar-refractivity contribution is -0.204. The molecule has 248 valence electrons. The molecule has 0 aliphatic heterocycles. The van der Waals surface area contributed by atoms with E-state index in [9.17, 15) is 19.8 Å². The first-order valence-corrected chi connectivity index (χ1v) is 17.9. The van der Waals surface area contributed by atoms with E-state index in [4.69, 9.17) is 0 Å². The van der Waals surface area contributed by atoms with E-state index in [1.54, 1.807) is 17.7 Å². The van der Waals surface area contributed by atoms with Crippen LogP contribution in [-0.2, 0) is 4.79 Å². The Balaban J connectivity index is 1.24. The van der Waals surface area contributed by atoms with E-state index in [0.717, 1.165) is 44.9 Å². The van der Waals surface area contributed by atoms with Crippen LogP contribution in [0.2, 0.25) is 0 Å². The van der Waals surface area contributed by atoms with Gasteiger partial charge in [0.15, 0.2) is 0 Å². The number of hydrogen-bond acceptors (Lipinski definition) is 4. The normalized spacial score (nSPS) is 43.4. The topological polar surface area (TPSA) is 98.7 Å². The molecule has 2 amide bonds. The van der Waals surface area contributed by atoms with E-state index in [1.807, 2.05) is 0 Å². The molecule has 4 fully saturated rings. The minimum Gasteiger partial charge on any atom is -0.508 e. The van der Waals surface area contributed by atoms with Crippen molar-refractivity contribution in [3.63, 3.8) is 0 Å². The van der Waals surface area contributed by atoms with E-state index in [-0.39, 0.29) is 51.2 Å². The molecule has 6 heteroatoms. The molecule has 0 spiro atoms. The number of fused-ring (bicyclic) bond motifs is 7. The van der Waals surface area contributed by atoms with Gasteiger partial charge in [-0.3, -0.25) is 9.59 Å². The van der Waals surface area contributed by atoms with E-state index in [2.05, 4.69) is 65.2 Å².